The van der Waals surface area contributed by atoms with Crippen molar-refractivity contribution in [1.82, 2.24) is 14.3 Å². The smallest absolute Gasteiger partial charge is 0.351 e. The van der Waals surface area contributed by atoms with Gasteiger partial charge >= 0.3 is 5.69 Å². The van der Waals surface area contributed by atoms with Gasteiger partial charge in [-0.05, 0) is 58.7 Å². The number of nitrogens with one attached hydrogen (secondary N) is 1. The van der Waals surface area contributed by atoms with E-state index in [-0.39, 0.29) is 29.1 Å². The van der Waals surface area contributed by atoms with Gasteiger partial charge in [0.2, 0.25) is 0 Å². The number of carbonyl (C=O) groups is 1. The second-order valence-corrected chi connectivity index (χ2v) is 8.49. The van der Waals surface area contributed by atoms with Crippen LogP contribution in [0, 0.1) is 19.7 Å². The molecule has 176 valence electrons. The Hall–Kier alpha value is -3.42. The zero-order chi connectivity index (χ0) is 24.3. The lowest BCUT2D eigenvalue weighted by atomic mass is 10.1. The van der Waals surface area contributed by atoms with Crippen LogP contribution in [0.5, 0.6) is 5.75 Å². The van der Waals surface area contributed by atoms with E-state index in [2.05, 4.69) is 10.4 Å². The molecule has 3 aromatic rings. The van der Waals surface area contributed by atoms with Crippen molar-refractivity contribution in [3.63, 3.8) is 0 Å². The number of hydrogen-bond donors (Lipinski definition) is 1. The van der Waals surface area contributed by atoms with Crippen LogP contribution in [0.15, 0.2) is 41.2 Å². The van der Waals surface area contributed by atoms with Crippen molar-refractivity contribution in [2.24, 2.45) is 0 Å². The fraction of sp³-hybridized carbons (Fsp3) is 0.400. The minimum absolute atomic E-state index is 0.0514. The molecule has 0 radical (unpaired) electrons. The van der Waals surface area contributed by atoms with Gasteiger partial charge in [0, 0.05) is 17.8 Å². The summed E-state index contributed by atoms with van der Waals surface area (Å²) in [7, 11) is 0. The zero-order valence-electron chi connectivity index (χ0n) is 20.0. The van der Waals surface area contributed by atoms with E-state index in [1.807, 2.05) is 52.8 Å². The first-order chi connectivity index (χ1) is 15.6. The highest BCUT2D eigenvalue weighted by Gasteiger charge is 2.23. The molecule has 0 saturated heterocycles. The number of ether oxygens (including phenoxy) is 1. The molecule has 0 aliphatic heterocycles. The number of para-hydroxylation sites is 1. The second kappa shape index (κ2) is 10.0. The summed E-state index contributed by atoms with van der Waals surface area (Å²) in [6.07, 6.45) is 1.44. The van der Waals surface area contributed by atoms with E-state index in [1.165, 1.54) is 10.6 Å². The van der Waals surface area contributed by atoms with Gasteiger partial charge < -0.3 is 10.1 Å². The molecule has 1 atom stereocenters. The summed E-state index contributed by atoms with van der Waals surface area (Å²) in [5, 5.41) is 7.07. The van der Waals surface area contributed by atoms with Gasteiger partial charge in [0.25, 0.3) is 5.91 Å². The third-order valence-electron chi connectivity index (χ3n) is 5.44. The molecule has 0 saturated carbocycles. The van der Waals surface area contributed by atoms with Crippen LogP contribution >= 0.6 is 0 Å². The van der Waals surface area contributed by atoms with Gasteiger partial charge in [-0.25, -0.2) is 9.18 Å². The highest BCUT2D eigenvalue weighted by molar-refractivity contribution is 6.06. The number of carbonyl (C=O) groups excluding carboxylic acids is 1. The monoisotopic (exact) mass is 454 g/mol. The quantitative estimate of drug-likeness (QED) is 0.508. The van der Waals surface area contributed by atoms with Gasteiger partial charge in [0.15, 0.2) is 0 Å². The summed E-state index contributed by atoms with van der Waals surface area (Å²) in [6, 6.07) is 9.69. The van der Waals surface area contributed by atoms with Crippen LogP contribution in [0.4, 0.5) is 10.1 Å². The number of halogens is 1. The summed E-state index contributed by atoms with van der Waals surface area (Å²) < 4.78 is 23.8. The van der Waals surface area contributed by atoms with Crippen LogP contribution in [-0.4, -0.2) is 26.4 Å². The van der Waals surface area contributed by atoms with Crippen LogP contribution in [0.3, 0.4) is 0 Å². The molecule has 7 nitrogen and oxygen atoms in total. The topological polar surface area (TPSA) is 78.2 Å². The van der Waals surface area contributed by atoms with Gasteiger partial charge in [0.1, 0.15) is 23.1 Å². The maximum absolute atomic E-state index is 15.3. The van der Waals surface area contributed by atoms with Crippen LogP contribution in [-0.2, 0) is 0 Å². The van der Waals surface area contributed by atoms with Gasteiger partial charge in [-0.3, -0.25) is 9.36 Å². The molecular formula is C25H31FN4O3. The number of rotatable bonds is 8. The zero-order valence-corrected chi connectivity index (χ0v) is 20.0. The van der Waals surface area contributed by atoms with E-state index in [9.17, 15) is 9.59 Å². The van der Waals surface area contributed by atoms with E-state index < -0.39 is 17.4 Å². The van der Waals surface area contributed by atoms with Crippen molar-refractivity contribution in [2.45, 2.75) is 66.5 Å². The molecule has 1 heterocycles. The molecule has 0 aliphatic rings. The van der Waals surface area contributed by atoms with E-state index >= 15 is 4.39 Å². The molecule has 0 bridgehead atoms. The Morgan fingerprint density at radius 2 is 1.88 bits per heavy atom. The van der Waals surface area contributed by atoms with Crippen molar-refractivity contribution in [3.05, 3.63) is 69.7 Å². The predicted octanol–water partition coefficient (Wildman–Crippen LogP) is 5.19. The van der Waals surface area contributed by atoms with Crippen LogP contribution in [0.2, 0.25) is 0 Å². The van der Waals surface area contributed by atoms with Crippen molar-refractivity contribution >= 4 is 11.6 Å². The summed E-state index contributed by atoms with van der Waals surface area (Å²) in [5.74, 6) is -0.569. The van der Waals surface area contributed by atoms with Gasteiger partial charge in [-0.1, -0.05) is 31.5 Å². The maximum Gasteiger partial charge on any atom is 0.351 e. The lowest BCUT2D eigenvalue weighted by Gasteiger charge is -2.18. The Labute approximate surface area is 193 Å². The average molecular weight is 455 g/mol. The van der Waals surface area contributed by atoms with Gasteiger partial charge in [0.05, 0.1) is 11.7 Å². The normalized spacial score (nSPS) is 12.1. The fourth-order valence-corrected chi connectivity index (χ4v) is 3.79. The number of aryl methyl sites for hydroxylation is 2. The Balaban J connectivity index is 2.10. The third-order valence-corrected chi connectivity index (χ3v) is 5.44. The molecule has 8 heteroatoms. The lowest BCUT2D eigenvalue weighted by molar-refractivity contribution is 0.101. The minimum atomic E-state index is -0.740. The molecule has 0 spiro atoms. The second-order valence-electron chi connectivity index (χ2n) is 8.49. The maximum atomic E-state index is 15.3. The standard InChI is InChI=1S/C25H31FN4O3/c1-7-10-17(5)33-23-14-22(30-25(32)29(15(2)3)18(6)28-30)20(26)13-19(23)24(31)27-21-12-9-8-11-16(21)4/h8-9,11-15,17H,7,10H2,1-6H3,(H,27,31). The number of hydrogen-bond acceptors (Lipinski definition) is 4. The van der Waals surface area contributed by atoms with Crippen LogP contribution < -0.4 is 15.7 Å². The lowest BCUT2D eigenvalue weighted by Crippen LogP contribution is -2.26. The Morgan fingerprint density at radius 1 is 1.18 bits per heavy atom. The molecule has 1 unspecified atom stereocenters. The summed E-state index contributed by atoms with van der Waals surface area (Å²) in [6.45, 7) is 11.2. The summed E-state index contributed by atoms with van der Waals surface area (Å²) in [4.78, 5) is 26.0. The average Bonchev–Trinajstić information content (AvgIpc) is 3.04. The summed E-state index contributed by atoms with van der Waals surface area (Å²) >= 11 is 0. The number of nitrogens with zero attached hydrogens (tertiary/aromatic N) is 3. The van der Waals surface area contributed by atoms with Crippen molar-refractivity contribution in [3.8, 4) is 11.4 Å². The first-order valence-corrected chi connectivity index (χ1v) is 11.2. The molecule has 3 rings (SSSR count). The molecule has 0 fully saturated rings. The Kier molecular flexibility index (Phi) is 7.36. The summed E-state index contributed by atoms with van der Waals surface area (Å²) in [5.41, 5.74) is 1.04. The first kappa shape index (κ1) is 24.2. The SMILES string of the molecule is CCCC(C)Oc1cc(-n2nc(C)n(C(C)C)c2=O)c(F)cc1C(=O)Nc1ccccc1C. The van der Waals surface area contributed by atoms with E-state index in [0.29, 0.717) is 11.5 Å². The molecule has 0 aliphatic carbocycles. The number of amides is 1. The fourth-order valence-electron chi connectivity index (χ4n) is 3.79. The highest BCUT2D eigenvalue weighted by Crippen LogP contribution is 2.28. The molecule has 1 aromatic heterocycles. The minimum Gasteiger partial charge on any atom is -0.490 e. The van der Waals surface area contributed by atoms with E-state index in [4.69, 9.17) is 4.74 Å². The molecular weight excluding hydrogens is 423 g/mol. The Morgan fingerprint density at radius 3 is 2.48 bits per heavy atom. The molecule has 1 N–H and O–H groups in total. The van der Waals surface area contributed by atoms with Gasteiger partial charge in [-0.15, -0.1) is 0 Å². The predicted molar refractivity (Wildman–Crippen MR) is 127 cm³/mol. The van der Waals surface area contributed by atoms with Crippen molar-refractivity contribution < 1.29 is 13.9 Å². The van der Waals surface area contributed by atoms with Crippen molar-refractivity contribution in [1.29, 1.82) is 0 Å². The largest absolute Gasteiger partial charge is 0.490 e. The third kappa shape index (κ3) is 5.16. The van der Waals surface area contributed by atoms with Crippen LogP contribution in [0.25, 0.3) is 5.69 Å². The number of aromatic nitrogens is 3. The molecule has 2 aromatic carbocycles. The number of anilines is 1. The first-order valence-electron chi connectivity index (χ1n) is 11.2. The number of benzene rings is 2. The van der Waals surface area contributed by atoms with E-state index in [1.54, 1.807) is 13.0 Å². The van der Waals surface area contributed by atoms with Crippen LogP contribution in [0.1, 0.15) is 68.3 Å². The van der Waals surface area contributed by atoms with E-state index in [0.717, 1.165) is 29.2 Å². The molecule has 1 amide bonds. The van der Waals surface area contributed by atoms with Gasteiger partial charge in [-0.2, -0.15) is 9.78 Å². The van der Waals surface area contributed by atoms with Crippen molar-refractivity contribution in [2.75, 3.05) is 5.32 Å². The molecule has 33 heavy (non-hydrogen) atoms. The Bertz CT molecular complexity index is 1210. The highest BCUT2D eigenvalue weighted by atomic mass is 19.1.